The molecule has 0 saturated carbocycles. The highest BCUT2D eigenvalue weighted by Gasteiger charge is 2.15. The number of ether oxygens (including phenoxy) is 1. The van der Waals surface area contributed by atoms with Crippen LogP contribution in [0.15, 0.2) is 48.5 Å². The van der Waals surface area contributed by atoms with Gasteiger partial charge in [-0.05, 0) is 48.4 Å². The van der Waals surface area contributed by atoms with E-state index in [0.717, 1.165) is 30.7 Å². The molecule has 0 aliphatic carbocycles. The lowest BCUT2D eigenvalue weighted by Crippen LogP contribution is -2.20. The van der Waals surface area contributed by atoms with E-state index in [2.05, 4.69) is 17.2 Å². The zero-order valence-corrected chi connectivity index (χ0v) is 18.0. The fourth-order valence-electron chi connectivity index (χ4n) is 3.31. The number of rotatable bonds is 9. The molecule has 0 atom stereocenters. The van der Waals surface area contributed by atoms with Crippen molar-refractivity contribution in [2.75, 3.05) is 30.9 Å². The third-order valence-electron chi connectivity index (χ3n) is 5.07. The number of methoxy groups -OCH3 is 1. The number of nitrogens with zero attached hydrogens (tertiary/aromatic N) is 2. The minimum absolute atomic E-state index is 0.162. The first kappa shape index (κ1) is 22.1. The zero-order chi connectivity index (χ0) is 22.4. The third kappa shape index (κ3) is 5.51. The van der Waals surface area contributed by atoms with Crippen LogP contribution in [0.3, 0.4) is 0 Å². The number of aromatic nitrogens is 1. The maximum absolute atomic E-state index is 12.5. The number of carbonyl (C=O) groups excluding carboxylic acids is 1. The zero-order valence-electron chi connectivity index (χ0n) is 18.0. The van der Waals surface area contributed by atoms with Gasteiger partial charge < -0.3 is 20.1 Å². The molecule has 1 heterocycles. The number of carboxylic acid groups (broad SMARTS) is 1. The van der Waals surface area contributed by atoms with Gasteiger partial charge in [-0.15, -0.1) is 0 Å². The molecule has 0 bridgehead atoms. The molecule has 0 aliphatic heterocycles. The first-order chi connectivity index (χ1) is 14.9. The molecular weight excluding hydrogens is 394 g/mol. The number of amides is 1. The van der Waals surface area contributed by atoms with E-state index in [1.165, 1.54) is 0 Å². The summed E-state index contributed by atoms with van der Waals surface area (Å²) < 4.78 is 5.13. The van der Waals surface area contributed by atoms with Gasteiger partial charge in [0.05, 0.1) is 24.6 Å². The fourth-order valence-corrected chi connectivity index (χ4v) is 3.31. The number of carbonyl (C=O) groups is 2. The normalized spacial score (nSPS) is 10.7. The van der Waals surface area contributed by atoms with Crippen LogP contribution in [0.2, 0.25) is 0 Å². The first-order valence-electron chi connectivity index (χ1n) is 10.2. The molecular formula is C24H27N3O4. The molecule has 2 N–H and O–H groups in total. The second kappa shape index (κ2) is 9.93. The average molecular weight is 421 g/mol. The number of unbranched alkanes of at least 4 members (excludes halogenated alkanes) is 1. The Morgan fingerprint density at radius 2 is 1.87 bits per heavy atom. The highest BCUT2D eigenvalue weighted by molar-refractivity contribution is 6.05. The Morgan fingerprint density at radius 1 is 1.13 bits per heavy atom. The molecule has 1 aromatic heterocycles. The highest BCUT2D eigenvalue weighted by Crippen LogP contribution is 2.26. The predicted octanol–water partition coefficient (Wildman–Crippen LogP) is 4.36. The molecule has 7 heteroatoms. The van der Waals surface area contributed by atoms with Crippen molar-refractivity contribution in [2.24, 2.45) is 0 Å². The highest BCUT2D eigenvalue weighted by atomic mass is 16.5. The molecule has 7 nitrogen and oxygen atoms in total. The van der Waals surface area contributed by atoms with Gasteiger partial charge in [0, 0.05) is 24.7 Å². The summed E-state index contributed by atoms with van der Waals surface area (Å²) >= 11 is 0. The van der Waals surface area contributed by atoms with Crippen LogP contribution in [0, 0.1) is 0 Å². The number of benzene rings is 2. The van der Waals surface area contributed by atoms with E-state index in [1.54, 1.807) is 43.5 Å². The Kier molecular flexibility index (Phi) is 7.07. The van der Waals surface area contributed by atoms with Crippen molar-refractivity contribution in [1.82, 2.24) is 4.98 Å². The molecule has 0 fully saturated rings. The molecule has 0 radical (unpaired) electrons. The van der Waals surface area contributed by atoms with E-state index in [9.17, 15) is 14.7 Å². The number of fused-ring (bicyclic) bond motifs is 1. The Balaban J connectivity index is 1.82. The van der Waals surface area contributed by atoms with Gasteiger partial charge >= 0.3 is 5.97 Å². The van der Waals surface area contributed by atoms with Crippen molar-refractivity contribution in [3.63, 3.8) is 0 Å². The molecule has 0 spiro atoms. The molecule has 0 aliphatic rings. The molecule has 2 aromatic carbocycles. The lowest BCUT2D eigenvalue weighted by Gasteiger charge is -2.19. The summed E-state index contributed by atoms with van der Waals surface area (Å²) in [5, 5.41) is 13.1. The maximum atomic E-state index is 12.5. The number of aromatic carboxylic acids is 1. The largest absolute Gasteiger partial charge is 0.497 e. The number of nitrogens with one attached hydrogen (secondary N) is 1. The van der Waals surface area contributed by atoms with Crippen molar-refractivity contribution in [3.05, 3.63) is 59.7 Å². The molecule has 162 valence electrons. The predicted molar refractivity (Wildman–Crippen MR) is 122 cm³/mol. The Labute approximate surface area is 181 Å². The number of carboxylic acids is 1. The number of hydrogen-bond donors (Lipinski definition) is 2. The van der Waals surface area contributed by atoms with Gasteiger partial charge in [0.1, 0.15) is 11.6 Å². The van der Waals surface area contributed by atoms with Gasteiger partial charge in [0.25, 0.3) is 0 Å². The van der Waals surface area contributed by atoms with E-state index in [4.69, 9.17) is 4.74 Å². The van der Waals surface area contributed by atoms with Crippen molar-refractivity contribution in [2.45, 2.75) is 26.2 Å². The Bertz CT molecular complexity index is 1080. The van der Waals surface area contributed by atoms with Gasteiger partial charge in [0.15, 0.2) is 0 Å². The summed E-state index contributed by atoms with van der Waals surface area (Å²) in [5.41, 5.74) is 2.12. The Hall–Kier alpha value is -3.61. The van der Waals surface area contributed by atoms with E-state index in [0.29, 0.717) is 22.4 Å². The fraction of sp³-hybridized carbons (Fsp3) is 0.292. The van der Waals surface area contributed by atoms with Gasteiger partial charge in [-0.3, -0.25) is 4.79 Å². The molecule has 0 saturated heterocycles. The summed E-state index contributed by atoms with van der Waals surface area (Å²) in [6.07, 6.45) is 2.24. The summed E-state index contributed by atoms with van der Waals surface area (Å²) in [7, 11) is 3.50. The maximum Gasteiger partial charge on any atom is 0.336 e. The standard InChI is InChI=1S/C24H27N3O4/c1-4-5-12-27(2)22-15-20(24(29)30)19-14-17(8-11-21(19)26-22)25-23(28)13-16-6-9-18(31-3)10-7-16/h6-11,14-15H,4-5,12-13H2,1-3H3,(H,25,28)(H,29,30). The summed E-state index contributed by atoms with van der Waals surface area (Å²) in [6.45, 7) is 2.91. The molecule has 0 unspecified atom stereocenters. The van der Waals surface area contributed by atoms with Crippen LogP contribution in [-0.2, 0) is 11.2 Å². The average Bonchev–Trinajstić information content (AvgIpc) is 2.77. The van der Waals surface area contributed by atoms with Crippen LogP contribution in [0.4, 0.5) is 11.5 Å². The molecule has 3 aromatic rings. The second-order valence-corrected chi connectivity index (χ2v) is 7.41. The molecule has 31 heavy (non-hydrogen) atoms. The summed E-state index contributed by atoms with van der Waals surface area (Å²) in [4.78, 5) is 30.9. The smallest absolute Gasteiger partial charge is 0.336 e. The second-order valence-electron chi connectivity index (χ2n) is 7.41. The van der Waals surface area contributed by atoms with Crippen molar-refractivity contribution in [1.29, 1.82) is 0 Å². The minimum atomic E-state index is -1.03. The summed E-state index contributed by atoms with van der Waals surface area (Å²) in [6, 6.07) is 14.0. The van der Waals surface area contributed by atoms with E-state index < -0.39 is 5.97 Å². The van der Waals surface area contributed by atoms with Crippen molar-refractivity contribution < 1.29 is 19.4 Å². The topological polar surface area (TPSA) is 91.8 Å². The molecule has 3 rings (SSSR count). The SMILES string of the molecule is CCCCN(C)c1cc(C(=O)O)c2cc(NC(=O)Cc3ccc(OC)cc3)ccc2n1. The summed E-state index contributed by atoms with van der Waals surface area (Å²) in [5.74, 6) is 0.131. The van der Waals surface area contributed by atoms with Crippen molar-refractivity contribution in [3.8, 4) is 5.75 Å². The lowest BCUT2D eigenvalue weighted by atomic mass is 10.1. The van der Waals surface area contributed by atoms with Crippen molar-refractivity contribution >= 4 is 34.3 Å². The van der Waals surface area contributed by atoms with Crippen LogP contribution in [0.25, 0.3) is 10.9 Å². The van der Waals surface area contributed by atoms with Gasteiger partial charge in [0.2, 0.25) is 5.91 Å². The van der Waals surface area contributed by atoms with Gasteiger partial charge in [-0.1, -0.05) is 25.5 Å². The van der Waals surface area contributed by atoms with E-state index in [-0.39, 0.29) is 17.9 Å². The Morgan fingerprint density at radius 3 is 2.52 bits per heavy atom. The quantitative estimate of drug-likeness (QED) is 0.533. The van der Waals surface area contributed by atoms with Crippen LogP contribution >= 0.6 is 0 Å². The first-order valence-corrected chi connectivity index (χ1v) is 10.2. The molecule has 1 amide bonds. The number of anilines is 2. The van der Waals surface area contributed by atoms with Crippen LogP contribution in [0.1, 0.15) is 35.7 Å². The lowest BCUT2D eigenvalue weighted by molar-refractivity contribution is -0.115. The monoisotopic (exact) mass is 421 g/mol. The minimum Gasteiger partial charge on any atom is -0.497 e. The van der Waals surface area contributed by atoms with Gasteiger partial charge in [-0.2, -0.15) is 0 Å². The van der Waals surface area contributed by atoms with Crippen LogP contribution < -0.4 is 15.0 Å². The van der Waals surface area contributed by atoms with Crippen LogP contribution in [0.5, 0.6) is 5.75 Å². The third-order valence-corrected chi connectivity index (χ3v) is 5.07. The number of hydrogen-bond acceptors (Lipinski definition) is 5. The van der Waals surface area contributed by atoms with E-state index >= 15 is 0 Å². The number of pyridine rings is 1. The van der Waals surface area contributed by atoms with E-state index in [1.807, 2.05) is 24.1 Å². The van der Waals surface area contributed by atoms with Gasteiger partial charge in [-0.25, -0.2) is 9.78 Å². The van der Waals surface area contributed by atoms with Crippen LogP contribution in [-0.4, -0.2) is 42.7 Å².